The van der Waals surface area contributed by atoms with E-state index >= 15 is 0 Å². The molecule has 1 aliphatic heterocycles. The van der Waals surface area contributed by atoms with E-state index in [1.165, 1.54) is 19.0 Å². The molecule has 0 unspecified atom stereocenters. The van der Waals surface area contributed by atoms with Crippen LogP contribution in [0, 0.1) is 0 Å². The van der Waals surface area contributed by atoms with Crippen LogP contribution in [0.2, 0.25) is 0 Å². The van der Waals surface area contributed by atoms with Gasteiger partial charge in [0.15, 0.2) is 0 Å². The molecule has 0 saturated heterocycles. The molecule has 2 rings (SSSR count). The van der Waals surface area contributed by atoms with Crippen molar-refractivity contribution >= 4 is 5.91 Å². The van der Waals surface area contributed by atoms with Crippen LogP contribution < -0.4 is 5.48 Å². The average molecular weight is 249 g/mol. The fourth-order valence-corrected chi connectivity index (χ4v) is 2.23. The van der Waals surface area contributed by atoms with Crippen molar-refractivity contribution in [2.75, 3.05) is 13.1 Å². The maximum absolute atomic E-state index is 11.3. The van der Waals surface area contributed by atoms with Crippen molar-refractivity contribution in [3.8, 4) is 0 Å². The number of rotatable bonds is 4. The summed E-state index contributed by atoms with van der Waals surface area (Å²) in [6, 6.07) is 1.82. The molecule has 0 bridgehead atoms. The van der Waals surface area contributed by atoms with Gasteiger partial charge in [-0.15, -0.1) is 0 Å². The number of hydrogen-bond acceptors (Lipinski definition) is 4. The number of nitrogens with one attached hydrogen (secondary N) is 1. The van der Waals surface area contributed by atoms with Crippen molar-refractivity contribution in [2.45, 2.75) is 32.7 Å². The second kappa shape index (κ2) is 5.93. The van der Waals surface area contributed by atoms with Gasteiger partial charge in [-0.3, -0.25) is 19.9 Å². The van der Waals surface area contributed by atoms with Gasteiger partial charge in [0.25, 0.3) is 5.91 Å². The zero-order chi connectivity index (χ0) is 13.0. The molecule has 0 atom stereocenters. The summed E-state index contributed by atoms with van der Waals surface area (Å²) in [5.74, 6) is -0.501. The molecule has 0 spiro atoms. The Balaban J connectivity index is 2.08. The molecule has 0 aromatic carbocycles. The molecule has 0 aliphatic carbocycles. The molecule has 0 saturated carbocycles. The third-order valence-corrected chi connectivity index (χ3v) is 3.32. The lowest BCUT2D eigenvalue weighted by Crippen LogP contribution is -2.32. The van der Waals surface area contributed by atoms with Gasteiger partial charge in [0.2, 0.25) is 0 Å². The normalized spacial score (nSPS) is 15.2. The van der Waals surface area contributed by atoms with E-state index in [4.69, 9.17) is 5.21 Å². The van der Waals surface area contributed by atoms with Gasteiger partial charge in [0, 0.05) is 19.3 Å². The molecule has 2 N–H and O–H groups in total. The van der Waals surface area contributed by atoms with Gasteiger partial charge in [0.1, 0.15) is 0 Å². The Morgan fingerprint density at radius 3 is 3.17 bits per heavy atom. The Labute approximate surface area is 107 Å². The van der Waals surface area contributed by atoms with E-state index in [1.54, 1.807) is 5.48 Å². The number of unbranched alkanes of at least 4 members (excludes halogenated alkanes) is 1. The first-order valence-corrected chi connectivity index (χ1v) is 6.39. The van der Waals surface area contributed by atoms with Gasteiger partial charge in [-0.1, -0.05) is 13.3 Å². The van der Waals surface area contributed by atoms with Crippen molar-refractivity contribution in [3.63, 3.8) is 0 Å². The highest BCUT2D eigenvalue weighted by Crippen LogP contribution is 2.18. The molecule has 0 radical (unpaired) electrons. The summed E-state index contributed by atoms with van der Waals surface area (Å²) in [6.07, 6.45) is 4.85. The lowest BCUT2D eigenvalue weighted by atomic mass is 10.0. The van der Waals surface area contributed by atoms with Crippen LogP contribution in [-0.2, 0) is 13.0 Å². The predicted molar refractivity (Wildman–Crippen MR) is 67.4 cm³/mol. The van der Waals surface area contributed by atoms with Crippen molar-refractivity contribution in [3.05, 3.63) is 29.1 Å². The largest absolute Gasteiger partial charge is 0.297 e. The van der Waals surface area contributed by atoms with E-state index in [2.05, 4.69) is 16.8 Å². The van der Waals surface area contributed by atoms with Crippen molar-refractivity contribution in [1.82, 2.24) is 15.4 Å². The highest BCUT2D eigenvalue weighted by Gasteiger charge is 2.18. The molecule has 1 amide bonds. The van der Waals surface area contributed by atoms with E-state index in [-0.39, 0.29) is 0 Å². The number of fused-ring (bicyclic) bond motifs is 1. The molecule has 1 aromatic heterocycles. The number of carbonyl (C=O) groups is 1. The van der Waals surface area contributed by atoms with Crippen LogP contribution >= 0.6 is 0 Å². The third-order valence-electron chi connectivity index (χ3n) is 3.32. The Hall–Kier alpha value is -1.46. The molecule has 2 heterocycles. The number of amides is 1. The van der Waals surface area contributed by atoms with E-state index in [1.807, 2.05) is 6.07 Å². The standard InChI is InChI=1S/C13H19N3O2/c1-2-3-5-16-6-4-10-7-11(13(17)15-18)8-14-12(10)9-16/h7-8,18H,2-6,9H2,1H3,(H,15,17). The summed E-state index contributed by atoms with van der Waals surface area (Å²) in [4.78, 5) is 18.0. The fourth-order valence-electron chi connectivity index (χ4n) is 2.23. The van der Waals surface area contributed by atoms with Crippen LogP contribution in [0.25, 0.3) is 0 Å². The summed E-state index contributed by atoms with van der Waals surface area (Å²) in [7, 11) is 0. The number of carbonyl (C=O) groups excluding carboxylic acids is 1. The van der Waals surface area contributed by atoms with Gasteiger partial charge in [0.05, 0.1) is 11.3 Å². The van der Waals surface area contributed by atoms with Crippen molar-refractivity contribution < 1.29 is 10.0 Å². The second-order valence-corrected chi connectivity index (χ2v) is 4.65. The zero-order valence-electron chi connectivity index (χ0n) is 10.6. The minimum atomic E-state index is -0.501. The van der Waals surface area contributed by atoms with Gasteiger partial charge < -0.3 is 0 Å². The number of aromatic nitrogens is 1. The van der Waals surface area contributed by atoms with E-state index in [0.717, 1.165) is 37.3 Å². The number of hydrogen-bond donors (Lipinski definition) is 2. The summed E-state index contributed by atoms with van der Waals surface area (Å²) < 4.78 is 0. The Morgan fingerprint density at radius 1 is 1.61 bits per heavy atom. The minimum absolute atomic E-state index is 0.415. The molecule has 18 heavy (non-hydrogen) atoms. The predicted octanol–water partition coefficient (Wildman–Crippen LogP) is 1.36. The summed E-state index contributed by atoms with van der Waals surface area (Å²) in [5.41, 5.74) is 4.21. The van der Waals surface area contributed by atoms with Crippen LogP contribution in [-0.4, -0.2) is 34.1 Å². The van der Waals surface area contributed by atoms with E-state index in [0.29, 0.717) is 5.56 Å². The van der Waals surface area contributed by atoms with Crippen molar-refractivity contribution in [2.24, 2.45) is 0 Å². The first-order valence-electron chi connectivity index (χ1n) is 6.39. The topological polar surface area (TPSA) is 65.5 Å². The quantitative estimate of drug-likeness (QED) is 0.624. The molecule has 5 heteroatoms. The maximum Gasteiger partial charge on any atom is 0.276 e. The highest BCUT2D eigenvalue weighted by atomic mass is 16.5. The summed E-state index contributed by atoms with van der Waals surface area (Å²) in [6.45, 7) is 5.17. The van der Waals surface area contributed by atoms with Gasteiger partial charge in [-0.2, -0.15) is 0 Å². The fraction of sp³-hybridized carbons (Fsp3) is 0.538. The smallest absolute Gasteiger partial charge is 0.276 e. The molecule has 0 fully saturated rings. The highest BCUT2D eigenvalue weighted by molar-refractivity contribution is 5.93. The van der Waals surface area contributed by atoms with Gasteiger partial charge >= 0.3 is 0 Å². The molecule has 1 aliphatic rings. The van der Waals surface area contributed by atoms with Gasteiger partial charge in [-0.05, 0) is 31.0 Å². The number of hydroxylamine groups is 1. The number of nitrogens with zero attached hydrogens (tertiary/aromatic N) is 2. The summed E-state index contributed by atoms with van der Waals surface area (Å²) in [5, 5.41) is 8.60. The Morgan fingerprint density at radius 2 is 2.44 bits per heavy atom. The SMILES string of the molecule is CCCCN1CCc2cc(C(=O)NO)cnc2C1. The lowest BCUT2D eigenvalue weighted by molar-refractivity contribution is 0.0705. The van der Waals surface area contributed by atoms with E-state index < -0.39 is 5.91 Å². The second-order valence-electron chi connectivity index (χ2n) is 4.65. The third kappa shape index (κ3) is 2.86. The van der Waals surface area contributed by atoms with Crippen LogP contribution in [0.15, 0.2) is 12.3 Å². The maximum atomic E-state index is 11.3. The van der Waals surface area contributed by atoms with Crippen LogP contribution in [0.1, 0.15) is 41.4 Å². The Kier molecular flexibility index (Phi) is 4.28. The van der Waals surface area contributed by atoms with Crippen LogP contribution in [0.4, 0.5) is 0 Å². The molecule has 98 valence electrons. The van der Waals surface area contributed by atoms with Crippen LogP contribution in [0.5, 0.6) is 0 Å². The van der Waals surface area contributed by atoms with Gasteiger partial charge in [-0.25, -0.2) is 5.48 Å². The Bertz CT molecular complexity index is 434. The summed E-state index contributed by atoms with van der Waals surface area (Å²) >= 11 is 0. The first-order chi connectivity index (χ1) is 8.74. The van der Waals surface area contributed by atoms with Crippen molar-refractivity contribution in [1.29, 1.82) is 0 Å². The average Bonchev–Trinajstić information content (AvgIpc) is 2.43. The number of pyridine rings is 1. The van der Waals surface area contributed by atoms with E-state index in [9.17, 15) is 4.79 Å². The minimum Gasteiger partial charge on any atom is -0.297 e. The first kappa shape index (κ1) is 13.0. The molecular weight excluding hydrogens is 230 g/mol. The molecule has 1 aromatic rings. The zero-order valence-corrected chi connectivity index (χ0v) is 10.6. The molecule has 5 nitrogen and oxygen atoms in total. The lowest BCUT2D eigenvalue weighted by Gasteiger charge is -2.27. The monoisotopic (exact) mass is 249 g/mol. The molecular formula is C13H19N3O2. The van der Waals surface area contributed by atoms with Crippen LogP contribution in [0.3, 0.4) is 0 Å².